The maximum absolute atomic E-state index is 12.6. The predicted molar refractivity (Wildman–Crippen MR) is 99.8 cm³/mol. The molecule has 27 heavy (non-hydrogen) atoms. The maximum atomic E-state index is 12.6. The van der Waals surface area contributed by atoms with Crippen molar-refractivity contribution in [3.05, 3.63) is 59.0 Å². The summed E-state index contributed by atoms with van der Waals surface area (Å²) < 4.78 is 37.2. The molecule has 2 heterocycles. The van der Waals surface area contributed by atoms with Gasteiger partial charge in [-0.05, 0) is 12.5 Å². The number of furan rings is 1. The average molecular weight is 393 g/mol. The van der Waals surface area contributed by atoms with Gasteiger partial charge in [-0.2, -0.15) is 4.31 Å². The molecule has 0 bridgehead atoms. The molecule has 2 aromatic rings. The Bertz CT molecular complexity index is 884. The molecule has 1 aromatic carbocycles. The molecule has 146 valence electrons. The second kappa shape index (κ2) is 8.24. The minimum atomic E-state index is -3.31. The van der Waals surface area contributed by atoms with Crippen LogP contribution in [0.2, 0.25) is 0 Å². The van der Waals surface area contributed by atoms with E-state index in [9.17, 15) is 13.2 Å². The van der Waals surface area contributed by atoms with Crippen LogP contribution in [-0.4, -0.2) is 52.0 Å². The van der Waals surface area contributed by atoms with Crippen molar-refractivity contribution in [3.63, 3.8) is 0 Å². The fraction of sp³-hybridized carbons (Fsp3) is 0.421. The number of sulfonamides is 1. The van der Waals surface area contributed by atoms with E-state index in [1.807, 2.05) is 30.3 Å². The SMILES string of the molecule is COC(=O)c1cc(C[NH+]2CCN(S(=O)(=O)Cc3ccccc3)CC2)oc1C. The van der Waals surface area contributed by atoms with Gasteiger partial charge in [-0.3, -0.25) is 0 Å². The number of methoxy groups -OCH3 is 1. The monoisotopic (exact) mass is 393 g/mol. The standard InChI is InChI=1S/C19H24N2O5S/c1-15-18(19(22)25-2)12-17(26-15)13-20-8-10-21(11-9-20)27(23,24)14-16-6-4-3-5-7-16/h3-7,12H,8-11,13-14H2,1-2H3/p+1. The van der Waals surface area contributed by atoms with Gasteiger partial charge in [-0.25, -0.2) is 13.2 Å². The molecular formula is C19H25N2O5S+. The molecule has 1 fully saturated rings. The third kappa shape index (κ3) is 4.77. The van der Waals surface area contributed by atoms with Crippen molar-refractivity contribution < 1.29 is 27.3 Å². The van der Waals surface area contributed by atoms with Gasteiger partial charge in [-0.1, -0.05) is 30.3 Å². The topological polar surface area (TPSA) is 81.3 Å². The normalized spacial score (nSPS) is 16.4. The third-order valence-electron chi connectivity index (χ3n) is 4.81. The van der Waals surface area contributed by atoms with Crippen LogP contribution in [0, 0.1) is 6.92 Å². The number of ether oxygens (including phenoxy) is 1. The fourth-order valence-corrected chi connectivity index (χ4v) is 4.86. The molecule has 0 saturated carbocycles. The molecule has 8 heteroatoms. The molecule has 0 aliphatic carbocycles. The molecule has 1 saturated heterocycles. The zero-order chi connectivity index (χ0) is 19.4. The molecule has 0 unspecified atom stereocenters. The highest BCUT2D eigenvalue weighted by Gasteiger charge is 2.30. The summed E-state index contributed by atoms with van der Waals surface area (Å²) in [6.07, 6.45) is 0. The number of aryl methyl sites for hydroxylation is 1. The van der Waals surface area contributed by atoms with E-state index in [-0.39, 0.29) is 5.75 Å². The number of carbonyl (C=O) groups excluding carboxylic acids is 1. The first-order valence-corrected chi connectivity index (χ1v) is 10.5. The van der Waals surface area contributed by atoms with E-state index in [1.165, 1.54) is 12.0 Å². The van der Waals surface area contributed by atoms with Crippen LogP contribution in [0.1, 0.15) is 27.4 Å². The van der Waals surface area contributed by atoms with Gasteiger partial charge in [0.2, 0.25) is 10.0 Å². The lowest BCUT2D eigenvalue weighted by atomic mass is 10.2. The first-order chi connectivity index (χ1) is 12.9. The highest BCUT2D eigenvalue weighted by atomic mass is 32.2. The van der Waals surface area contributed by atoms with Crippen molar-refractivity contribution in [1.29, 1.82) is 0 Å². The lowest BCUT2D eigenvalue weighted by Crippen LogP contribution is -3.13. The van der Waals surface area contributed by atoms with Crippen LogP contribution in [0.15, 0.2) is 40.8 Å². The summed E-state index contributed by atoms with van der Waals surface area (Å²) in [5.41, 5.74) is 1.24. The van der Waals surface area contributed by atoms with Gasteiger partial charge in [0.05, 0.1) is 39.0 Å². The zero-order valence-corrected chi connectivity index (χ0v) is 16.4. The van der Waals surface area contributed by atoms with Gasteiger partial charge in [0.15, 0.2) is 5.76 Å². The summed E-state index contributed by atoms with van der Waals surface area (Å²) in [4.78, 5) is 12.9. The summed E-state index contributed by atoms with van der Waals surface area (Å²) in [6, 6.07) is 10.9. The van der Waals surface area contributed by atoms with Crippen molar-refractivity contribution >= 4 is 16.0 Å². The number of hydrogen-bond donors (Lipinski definition) is 1. The Morgan fingerprint density at radius 2 is 1.89 bits per heavy atom. The van der Waals surface area contributed by atoms with Crippen molar-refractivity contribution in [2.24, 2.45) is 0 Å². The van der Waals surface area contributed by atoms with Crippen molar-refractivity contribution in [3.8, 4) is 0 Å². The van der Waals surface area contributed by atoms with Crippen LogP contribution in [0.5, 0.6) is 0 Å². The van der Waals surface area contributed by atoms with Crippen LogP contribution in [0.25, 0.3) is 0 Å². The molecule has 0 atom stereocenters. The predicted octanol–water partition coefficient (Wildman–Crippen LogP) is 0.605. The van der Waals surface area contributed by atoms with Gasteiger partial charge in [0.1, 0.15) is 17.9 Å². The van der Waals surface area contributed by atoms with Crippen LogP contribution >= 0.6 is 0 Å². The molecule has 1 aliphatic rings. The number of nitrogens with zero attached hydrogens (tertiary/aromatic N) is 1. The summed E-state index contributed by atoms with van der Waals surface area (Å²) >= 11 is 0. The van der Waals surface area contributed by atoms with E-state index in [1.54, 1.807) is 17.3 Å². The smallest absolute Gasteiger partial charge is 0.341 e. The van der Waals surface area contributed by atoms with Crippen LogP contribution in [0.3, 0.4) is 0 Å². The van der Waals surface area contributed by atoms with Gasteiger partial charge < -0.3 is 14.1 Å². The Morgan fingerprint density at radius 3 is 2.52 bits per heavy atom. The molecule has 0 spiro atoms. The summed E-state index contributed by atoms with van der Waals surface area (Å²) in [5.74, 6) is 0.876. The minimum absolute atomic E-state index is 0.0308. The van der Waals surface area contributed by atoms with Crippen molar-refractivity contribution in [1.82, 2.24) is 4.31 Å². The number of esters is 1. The fourth-order valence-electron chi connectivity index (χ4n) is 3.32. The second-order valence-corrected chi connectivity index (χ2v) is 8.71. The molecule has 0 radical (unpaired) electrons. The molecule has 7 nitrogen and oxygen atoms in total. The lowest BCUT2D eigenvalue weighted by Gasteiger charge is -2.31. The minimum Gasteiger partial charge on any atom is -0.465 e. The van der Waals surface area contributed by atoms with E-state index in [0.717, 1.165) is 5.56 Å². The molecule has 3 rings (SSSR count). The Balaban J connectivity index is 1.57. The Labute approximate surface area is 159 Å². The summed E-state index contributed by atoms with van der Waals surface area (Å²) in [6.45, 7) is 4.70. The van der Waals surface area contributed by atoms with Crippen LogP contribution in [0.4, 0.5) is 0 Å². The Hall–Kier alpha value is -2.16. The first kappa shape index (κ1) is 19.6. The number of quaternary nitrogens is 1. The zero-order valence-electron chi connectivity index (χ0n) is 15.6. The molecule has 1 aromatic heterocycles. The van der Waals surface area contributed by atoms with E-state index < -0.39 is 16.0 Å². The quantitative estimate of drug-likeness (QED) is 0.727. The molecule has 1 N–H and O–H groups in total. The molecule has 0 amide bonds. The largest absolute Gasteiger partial charge is 0.465 e. The highest BCUT2D eigenvalue weighted by Crippen LogP contribution is 2.15. The molecular weight excluding hydrogens is 368 g/mol. The van der Waals surface area contributed by atoms with E-state index in [2.05, 4.69) is 0 Å². The second-order valence-electron chi connectivity index (χ2n) is 6.74. The van der Waals surface area contributed by atoms with Gasteiger partial charge in [0.25, 0.3) is 0 Å². The average Bonchev–Trinajstić information content (AvgIpc) is 3.02. The summed E-state index contributed by atoms with van der Waals surface area (Å²) in [5, 5.41) is 0. The third-order valence-corrected chi connectivity index (χ3v) is 6.66. The number of benzene rings is 1. The Morgan fingerprint density at radius 1 is 1.22 bits per heavy atom. The van der Waals surface area contributed by atoms with Crippen molar-refractivity contribution in [2.75, 3.05) is 33.3 Å². The Kier molecular flexibility index (Phi) is 5.98. The van der Waals surface area contributed by atoms with Crippen LogP contribution in [-0.2, 0) is 27.1 Å². The van der Waals surface area contributed by atoms with Gasteiger partial charge in [-0.15, -0.1) is 0 Å². The maximum Gasteiger partial charge on any atom is 0.341 e. The van der Waals surface area contributed by atoms with E-state index in [0.29, 0.717) is 49.8 Å². The number of hydrogen-bond acceptors (Lipinski definition) is 5. The highest BCUT2D eigenvalue weighted by molar-refractivity contribution is 7.88. The van der Waals surface area contributed by atoms with E-state index in [4.69, 9.17) is 9.15 Å². The summed E-state index contributed by atoms with van der Waals surface area (Å²) in [7, 11) is -1.97. The number of piperazine rings is 1. The molecule has 1 aliphatic heterocycles. The van der Waals surface area contributed by atoms with E-state index >= 15 is 0 Å². The van der Waals surface area contributed by atoms with Crippen molar-refractivity contribution in [2.45, 2.75) is 19.2 Å². The number of carbonyl (C=O) groups is 1. The number of nitrogens with one attached hydrogen (secondary N) is 1. The van der Waals surface area contributed by atoms with Gasteiger partial charge >= 0.3 is 5.97 Å². The number of rotatable bonds is 6. The lowest BCUT2D eigenvalue weighted by molar-refractivity contribution is -0.918. The van der Waals surface area contributed by atoms with Crippen LogP contribution < -0.4 is 4.90 Å². The first-order valence-electron chi connectivity index (χ1n) is 8.92. The van der Waals surface area contributed by atoms with Gasteiger partial charge in [0, 0.05) is 6.07 Å².